The molecule has 1 aliphatic heterocycles. The number of carbonyl (C=O) groups excluding carboxylic acids is 1. The van der Waals surface area contributed by atoms with Gasteiger partial charge in [-0.1, -0.05) is 36.7 Å². The summed E-state index contributed by atoms with van der Waals surface area (Å²) in [5.74, 6) is 0.463. The Morgan fingerprint density at radius 1 is 1.50 bits per heavy atom. The van der Waals surface area contributed by atoms with Crippen LogP contribution in [-0.4, -0.2) is 22.2 Å². The highest BCUT2D eigenvalue weighted by Crippen LogP contribution is 2.36. The maximum atomic E-state index is 12.8. The van der Waals surface area contributed by atoms with Crippen LogP contribution in [-0.2, 0) is 6.54 Å². The van der Waals surface area contributed by atoms with Gasteiger partial charge in [-0.25, -0.2) is 0 Å². The van der Waals surface area contributed by atoms with Crippen LogP contribution >= 0.6 is 11.6 Å². The fourth-order valence-electron chi connectivity index (χ4n) is 2.53. The third kappa shape index (κ3) is 2.10. The Hall–Kier alpha value is -1.81. The van der Waals surface area contributed by atoms with Crippen LogP contribution in [0.15, 0.2) is 30.5 Å². The zero-order valence-corrected chi connectivity index (χ0v) is 11.9. The Balaban J connectivity index is 1.97. The second-order valence-electron chi connectivity index (χ2n) is 4.83. The lowest BCUT2D eigenvalue weighted by atomic mass is 9.95. The molecule has 3 rings (SSSR count). The lowest BCUT2D eigenvalue weighted by molar-refractivity contribution is 0.0936. The molecule has 0 radical (unpaired) electrons. The van der Waals surface area contributed by atoms with Gasteiger partial charge in [0.2, 0.25) is 0 Å². The van der Waals surface area contributed by atoms with Crippen molar-refractivity contribution in [3.63, 3.8) is 0 Å². The Kier molecular flexibility index (Phi) is 3.49. The third-order valence-electron chi connectivity index (χ3n) is 3.48. The molecule has 1 aromatic heterocycles. The van der Waals surface area contributed by atoms with E-state index in [4.69, 9.17) is 16.3 Å². The number of ketones is 1. The van der Waals surface area contributed by atoms with Crippen molar-refractivity contribution in [2.45, 2.75) is 25.8 Å². The number of fused-ring (bicyclic) bond motifs is 1. The van der Waals surface area contributed by atoms with Gasteiger partial charge >= 0.3 is 0 Å². The lowest BCUT2D eigenvalue weighted by Gasteiger charge is -2.10. The van der Waals surface area contributed by atoms with Crippen molar-refractivity contribution in [2.75, 3.05) is 6.61 Å². The molecule has 5 heteroatoms. The number of hydrogen-bond donors (Lipinski definition) is 0. The summed E-state index contributed by atoms with van der Waals surface area (Å²) in [5, 5.41) is 4.59. The molecule has 1 unspecified atom stereocenters. The maximum Gasteiger partial charge on any atom is 0.193 e. The smallest absolute Gasteiger partial charge is 0.193 e. The Bertz CT molecular complexity index is 651. The van der Waals surface area contributed by atoms with Crippen molar-refractivity contribution >= 4 is 17.4 Å². The molecule has 20 heavy (non-hydrogen) atoms. The quantitative estimate of drug-likeness (QED) is 0.812. The van der Waals surface area contributed by atoms with Crippen molar-refractivity contribution in [3.05, 3.63) is 46.7 Å². The molecular formula is C15H15ClN2O2. The SMILES string of the molecule is CCCn1ncc(Cl)c1C(=O)C1COc2ccccc21. The summed E-state index contributed by atoms with van der Waals surface area (Å²) in [6, 6.07) is 7.63. The molecule has 2 heterocycles. The van der Waals surface area contributed by atoms with Crippen LogP contribution in [0, 0.1) is 0 Å². The topological polar surface area (TPSA) is 44.1 Å². The second-order valence-corrected chi connectivity index (χ2v) is 5.24. The summed E-state index contributed by atoms with van der Waals surface area (Å²) >= 11 is 6.14. The fourth-order valence-corrected chi connectivity index (χ4v) is 2.77. The van der Waals surface area contributed by atoms with Gasteiger partial charge in [-0.2, -0.15) is 5.10 Å². The number of hydrogen-bond acceptors (Lipinski definition) is 3. The molecular weight excluding hydrogens is 276 g/mol. The zero-order valence-electron chi connectivity index (χ0n) is 11.2. The highest BCUT2D eigenvalue weighted by atomic mass is 35.5. The summed E-state index contributed by atoms with van der Waals surface area (Å²) in [6.07, 6.45) is 2.43. The largest absolute Gasteiger partial charge is 0.492 e. The first-order valence-corrected chi connectivity index (χ1v) is 7.07. The number of benzene rings is 1. The van der Waals surface area contributed by atoms with Gasteiger partial charge in [-0.15, -0.1) is 0 Å². The van der Waals surface area contributed by atoms with Crippen molar-refractivity contribution in [1.29, 1.82) is 0 Å². The standard InChI is InChI=1S/C15H15ClN2O2/c1-2-7-18-14(12(16)8-17-18)15(19)11-9-20-13-6-4-3-5-10(11)13/h3-6,8,11H,2,7,9H2,1H3. The molecule has 1 aliphatic rings. The maximum absolute atomic E-state index is 12.8. The molecule has 1 aromatic carbocycles. The summed E-state index contributed by atoms with van der Waals surface area (Å²) < 4.78 is 7.26. The van der Waals surface area contributed by atoms with E-state index in [2.05, 4.69) is 5.10 Å². The molecule has 0 amide bonds. The van der Waals surface area contributed by atoms with Gasteiger partial charge in [0.05, 0.1) is 17.1 Å². The number of aromatic nitrogens is 2. The minimum absolute atomic E-state index is 0.0223. The first-order chi connectivity index (χ1) is 9.72. The predicted molar refractivity (Wildman–Crippen MR) is 76.5 cm³/mol. The normalized spacial score (nSPS) is 16.8. The van der Waals surface area contributed by atoms with Gasteiger partial charge in [-0.3, -0.25) is 9.48 Å². The van der Waals surface area contributed by atoms with E-state index in [0.717, 1.165) is 17.7 Å². The van der Waals surface area contributed by atoms with E-state index < -0.39 is 0 Å². The average molecular weight is 291 g/mol. The number of rotatable bonds is 4. The van der Waals surface area contributed by atoms with Gasteiger partial charge in [0, 0.05) is 12.1 Å². The Morgan fingerprint density at radius 2 is 2.30 bits per heavy atom. The van der Waals surface area contributed by atoms with Crippen molar-refractivity contribution in [2.24, 2.45) is 0 Å². The molecule has 0 bridgehead atoms. The number of Topliss-reactive ketones (excluding diaryl/α,β-unsaturated/α-hetero) is 1. The van der Waals surface area contributed by atoms with Crippen LogP contribution in [0.25, 0.3) is 0 Å². The van der Waals surface area contributed by atoms with Crippen LogP contribution in [0.5, 0.6) is 5.75 Å². The first-order valence-electron chi connectivity index (χ1n) is 6.69. The zero-order chi connectivity index (χ0) is 14.1. The second kappa shape index (κ2) is 5.29. The van der Waals surface area contributed by atoms with Crippen molar-refractivity contribution in [1.82, 2.24) is 9.78 Å². The Labute approximate surface area is 122 Å². The lowest BCUT2D eigenvalue weighted by Crippen LogP contribution is -2.19. The number of carbonyl (C=O) groups is 1. The summed E-state index contributed by atoms with van der Waals surface area (Å²) in [5.41, 5.74) is 1.41. The number of nitrogens with zero attached hydrogens (tertiary/aromatic N) is 2. The molecule has 4 nitrogen and oxygen atoms in total. The Morgan fingerprint density at radius 3 is 3.10 bits per heavy atom. The molecule has 0 saturated carbocycles. The fraction of sp³-hybridized carbons (Fsp3) is 0.333. The molecule has 2 aromatic rings. The van der Waals surface area contributed by atoms with E-state index in [9.17, 15) is 4.79 Å². The summed E-state index contributed by atoms with van der Waals surface area (Å²) in [6.45, 7) is 3.09. The van der Waals surface area contributed by atoms with Gasteiger partial charge in [0.25, 0.3) is 0 Å². The predicted octanol–water partition coefficient (Wildman–Crippen LogP) is 3.31. The van der Waals surface area contributed by atoms with Crippen LogP contribution in [0.1, 0.15) is 35.3 Å². The number of para-hydroxylation sites is 1. The van der Waals surface area contributed by atoms with E-state index in [0.29, 0.717) is 23.9 Å². The van der Waals surface area contributed by atoms with Gasteiger partial charge in [-0.05, 0) is 12.5 Å². The van der Waals surface area contributed by atoms with E-state index in [1.807, 2.05) is 31.2 Å². The van der Waals surface area contributed by atoms with Crippen LogP contribution in [0.4, 0.5) is 0 Å². The third-order valence-corrected chi connectivity index (χ3v) is 3.76. The number of ether oxygens (including phenoxy) is 1. The van der Waals surface area contributed by atoms with E-state index >= 15 is 0 Å². The minimum Gasteiger partial charge on any atom is -0.492 e. The van der Waals surface area contributed by atoms with Gasteiger partial charge in [0.15, 0.2) is 5.78 Å². The molecule has 1 atom stereocenters. The highest BCUT2D eigenvalue weighted by Gasteiger charge is 2.33. The van der Waals surface area contributed by atoms with Crippen LogP contribution in [0.3, 0.4) is 0 Å². The van der Waals surface area contributed by atoms with E-state index in [1.54, 1.807) is 4.68 Å². The van der Waals surface area contributed by atoms with Gasteiger partial charge in [0.1, 0.15) is 18.1 Å². The molecule has 104 valence electrons. The molecule has 0 N–H and O–H groups in total. The van der Waals surface area contributed by atoms with E-state index in [-0.39, 0.29) is 11.7 Å². The minimum atomic E-state index is -0.295. The monoisotopic (exact) mass is 290 g/mol. The summed E-state index contributed by atoms with van der Waals surface area (Å²) in [7, 11) is 0. The van der Waals surface area contributed by atoms with E-state index in [1.165, 1.54) is 6.20 Å². The van der Waals surface area contributed by atoms with Gasteiger partial charge < -0.3 is 4.74 Å². The highest BCUT2D eigenvalue weighted by molar-refractivity contribution is 6.33. The molecule has 0 spiro atoms. The molecule has 0 fully saturated rings. The van der Waals surface area contributed by atoms with Crippen molar-refractivity contribution < 1.29 is 9.53 Å². The number of aryl methyl sites for hydroxylation is 1. The first kappa shape index (κ1) is 13.2. The van der Waals surface area contributed by atoms with Crippen molar-refractivity contribution in [3.8, 4) is 5.75 Å². The summed E-state index contributed by atoms with van der Waals surface area (Å²) in [4.78, 5) is 12.8. The molecule has 0 saturated heterocycles. The van der Waals surface area contributed by atoms with Crippen LogP contribution in [0.2, 0.25) is 5.02 Å². The van der Waals surface area contributed by atoms with Crippen LogP contribution < -0.4 is 4.74 Å². The molecule has 0 aliphatic carbocycles. The number of halogens is 1. The average Bonchev–Trinajstić information content (AvgIpc) is 3.03.